The Morgan fingerprint density at radius 1 is 1.16 bits per heavy atom. The highest BCUT2D eigenvalue weighted by Crippen LogP contribution is 2.13. The zero-order valence-corrected chi connectivity index (χ0v) is 12.4. The fraction of sp³-hybridized carbons (Fsp3) is 0.625. The minimum atomic E-state index is 0.334. The normalized spacial score (nSPS) is 12.7. The molecule has 1 aromatic carbocycles. The Morgan fingerprint density at radius 2 is 1.95 bits per heavy atom. The van der Waals surface area contributed by atoms with Crippen molar-refractivity contribution in [1.29, 1.82) is 0 Å². The maximum atomic E-state index is 5.74. The van der Waals surface area contributed by atoms with Crippen molar-refractivity contribution in [3.63, 3.8) is 0 Å². The molecule has 0 aliphatic carbocycles. The number of nitrogens with two attached hydrogens (primary N) is 1. The summed E-state index contributed by atoms with van der Waals surface area (Å²) in [6.07, 6.45) is 2.36. The number of hydrogen-bond acceptors (Lipinski definition) is 3. The van der Waals surface area contributed by atoms with Crippen molar-refractivity contribution >= 4 is 0 Å². The van der Waals surface area contributed by atoms with E-state index in [0.29, 0.717) is 25.2 Å². The summed E-state index contributed by atoms with van der Waals surface area (Å²) in [4.78, 5) is 0. The molecular formula is C16H27NO2. The largest absolute Gasteiger partial charge is 0.493 e. The van der Waals surface area contributed by atoms with Gasteiger partial charge in [-0.15, -0.1) is 0 Å². The summed E-state index contributed by atoms with van der Waals surface area (Å²) in [6, 6.07) is 7.92. The van der Waals surface area contributed by atoms with Gasteiger partial charge in [0.25, 0.3) is 0 Å². The van der Waals surface area contributed by atoms with E-state index in [4.69, 9.17) is 15.2 Å². The van der Waals surface area contributed by atoms with Crippen molar-refractivity contribution < 1.29 is 9.47 Å². The molecule has 19 heavy (non-hydrogen) atoms. The molecule has 1 rings (SSSR count). The van der Waals surface area contributed by atoms with Gasteiger partial charge in [-0.25, -0.2) is 0 Å². The zero-order valence-electron chi connectivity index (χ0n) is 12.4. The molecule has 0 spiro atoms. The first-order valence-electron chi connectivity index (χ1n) is 7.15. The van der Waals surface area contributed by atoms with E-state index in [1.807, 2.05) is 24.3 Å². The van der Waals surface area contributed by atoms with Crippen LogP contribution in [0.1, 0.15) is 39.2 Å². The molecule has 0 fully saturated rings. The van der Waals surface area contributed by atoms with Crippen molar-refractivity contribution in [3.05, 3.63) is 29.8 Å². The Morgan fingerprint density at radius 3 is 2.63 bits per heavy atom. The number of rotatable bonds is 9. The van der Waals surface area contributed by atoms with Crippen molar-refractivity contribution in [2.45, 2.75) is 46.3 Å². The minimum Gasteiger partial charge on any atom is -0.493 e. The van der Waals surface area contributed by atoms with Crippen LogP contribution in [-0.2, 0) is 11.3 Å². The first-order valence-corrected chi connectivity index (χ1v) is 7.15. The third kappa shape index (κ3) is 7.19. The number of benzene rings is 1. The molecule has 0 heterocycles. The van der Waals surface area contributed by atoms with Crippen molar-refractivity contribution in [1.82, 2.24) is 0 Å². The van der Waals surface area contributed by atoms with E-state index in [9.17, 15) is 0 Å². The summed E-state index contributed by atoms with van der Waals surface area (Å²) in [5, 5.41) is 0. The zero-order chi connectivity index (χ0) is 14.1. The fourth-order valence-electron chi connectivity index (χ4n) is 2.03. The van der Waals surface area contributed by atoms with Crippen LogP contribution < -0.4 is 10.5 Å². The Balaban J connectivity index is 2.13. The van der Waals surface area contributed by atoms with Crippen LogP contribution in [-0.4, -0.2) is 19.3 Å². The Bertz CT molecular complexity index is 352. The van der Waals surface area contributed by atoms with Gasteiger partial charge in [0.1, 0.15) is 5.75 Å². The highest BCUT2D eigenvalue weighted by atomic mass is 16.5. The molecule has 0 saturated carbocycles. The minimum absolute atomic E-state index is 0.334. The topological polar surface area (TPSA) is 44.5 Å². The van der Waals surface area contributed by atoms with Gasteiger partial charge in [-0.1, -0.05) is 26.0 Å². The highest BCUT2D eigenvalue weighted by molar-refractivity contribution is 5.28. The maximum absolute atomic E-state index is 5.74. The molecular weight excluding hydrogens is 238 g/mol. The summed E-state index contributed by atoms with van der Waals surface area (Å²) in [6.45, 7) is 8.55. The lowest BCUT2D eigenvalue weighted by atomic mass is 10.1. The molecule has 0 saturated heterocycles. The molecule has 0 bridgehead atoms. The molecule has 0 aliphatic rings. The van der Waals surface area contributed by atoms with Gasteiger partial charge < -0.3 is 15.2 Å². The van der Waals surface area contributed by atoms with E-state index >= 15 is 0 Å². The first-order chi connectivity index (χ1) is 9.11. The highest BCUT2D eigenvalue weighted by Gasteiger charge is 2.04. The second kappa shape index (κ2) is 8.94. The number of ether oxygens (including phenoxy) is 2. The standard InChI is InChI=1S/C16H27NO2/c1-13(2)10-14(3)18-8-5-9-19-16-7-4-6-15(11-16)12-17/h4,6-7,11,13-14H,5,8-10,12,17H2,1-3H3. The van der Waals surface area contributed by atoms with Crippen molar-refractivity contribution in [2.24, 2.45) is 11.7 Å². The van der Waals surface area contributed by atoms with E-state index in [1.165, 1.54) is 0 Å². The van der Waals surface area contributed by atoms with Gasteiger partial charge in [0, 0.05) is 13.0 Å². The van der Waals surface area contributed by atoms with Gasteiger partial charge in [-0.2, -0.15) is 0 Å². The second-order valence-electron chi connectivity index (χ2n) is 5.36. The molecule has 0 amide bonds. The quantitative estimate of drug-likeness (QED) is 0.696. The van der Waals surface area contributed by atoms with Crippen LogP contribution in [0.5, 0.6) is 5.75 Å². The van der Waals surface area contributed by atoms with Crippen LogP contribution in [0.15, 0.2) is 24.3 Å². The SMILES string of the molecule is CC(C)CC(C)OCCCOc1cccc(CN)c1. The third-order valence-electron chi connectivity index (χ3n) is 2.90. The molecule has 1 unspecified atom stereocenters. The van der Waals surface area contributed by atoms with Gasteiger partial charge in [0.15, 0.2) is 0 Å². The number of hydrogen-bond donors (Lipinski definition) is 1. The smallest absolute Gasteiger partial charge is 0.119 e. The average molecular weight is 265 g/mol. The Labute approximate surface area is 117 Å². The summed E-state index contributed by atoms with van der Waals surface area (Å²) in [5.74, 6) is 1.57. The summed E-state index contributed by atoms with van der Waals surface area (Å²) in [5.41, 5.74) is 6.69. The van der Waals surface area contributed by atoms with E-state index in [2.05, 4.69) is 20.8 Å². The molecule has 0 radical (unpaired) electrons. The summed E-state index contributed by atoms with van der Waals surface area (Å²) >= 11 is 0. The first kappa shape index (κ1) is 16.0. The lowest BCUT2D eigenvalue weighted by molar-refractivity contribution is 0.0447. The van der Waals surface area contributed by atoms with Crippen LogP contribution in [0.25, 0.3) is 0 Å². The van der Waals surface area contributed by atoms with Crippen LogP contribution >= 0.6 is 0 Å². The second-order valence-corrected chi connectivity index (χ2v) is 5.36. The van der Waals surface area contributed by atoms with Gasteiger partial charge in [0.2, 0.25) is 0 Å². The lowest BCUT2D eigenvalue weighted by Crippen LogP contribution is -2.13. The maximum Gasteiger partial charge on any atom is 0.119 e. The molecule has 2 N–H and O–H groups in total. The van der Waals surface area contributed by atoms with E-state index in [1.54, 1.807) is 0 Å². The molecule has 3 nitrogen and oxygen atoms in total. The molecule has 0 aliphatic heterocycles. The Hall–Kier alpha value is -1.06. The van der Waals surface area contributed by atoms with Crippen LogP contribution in [0.3, 0.4) is 0 Å². The van der Waals surface area contributed by atoms with Crippen LogP contribution in [0.4, 0.5) is 0 Å². The van der Waals surface area contributed by atoms with Crippen molar-refractivity contribution in [2.75, 3.05) is 13.2 Å². The predicted molar refractivity (Wildman–Crippen MR) is 79.3 cm³/mol. The van der Waals surface area contributed by atoms with E-state index in [0.717, 1.165) is 30.8 Å². The third-order valence-corrected chi connectivity index (χ3v) is 2.90. The van der Waals surface area contributed by atoms with Crippen LogP contribution in [0.2, 0.25) is 0 Å². The van der Waals surface area contributed by atoms with Gasteiger partial charge >= 0.3 is 0 Å². The van der Waals surface area contributed by atoms with Gasteiger partial charge in [0.05, 0.1) is 19.3 Å². The van der Waals surface area contributed by atoms with E-state index in [-0.39, 0.29) is 0 Å². The molecule has 0 aromatic heterocycles. The fourth-order valence-corrected chi connectivity index (χ4v) is 2.03. The van der Waals surface area contributed by atoms with Gasteiger partial charge in [-0.05, 0) is 37.0 Å². The van der Waals surface area contributed by atoms with Gasteiger partial charge in [-0.3, -0.25) is 0 Å². The average Bonchev–Trinajstić information content (AvgIpc) is 2.37. The monoisotopic (exact) mass is 265 g/mol. The molecule has 3 heteroatoms. The van der Waals surface area contributed by atoms with Crippen LogP contribution in [0, 0.1) is 5.92 Å². The van der Waals surface area contributed by atoms with E-state index < -0.39 is 0 Å². The Kier molecular flexibility index (Phi) is 7.53. The molecule has 108 valence electrons. The lowest BCUT2D eigenvalue weighted by Gasteiger charge is -2.15. The molecule has 1 aromatic rings. The summed E-state index contributed by atoms with van der Waals surface area (Å²) < 4.78 is 11.4. The summed E-state index contributed by atoms with van der Waals surface area (Å²) in [7, 11) is 0. The molecule has 1 atom stereocenters. The van der Waals surface area contributed by atoms with Crippen molar-refractivity contribution in [3.8, 4) is 5.75 Å². The predicted octanol–water partition coefficient (Wildman–Crippen LogP) is 3.37.